The van der Waals surface area contributed by atoms with Crippen LogP contribution in [0.2, 0.25) is 0 Å². The van der Waals surface area contributed by atoms with Crippen molar-refractivity contribution in [2.75, 3.05) is 31.6 Å². The zero-order valence-electron chi connectivity index (χ0n) is 9.52. The lowest BCUT2D eigenvalue weighted by atomic mass is 10.3. The smallest absolute Gasteiger partial charge is 0.245 e. The summed E-state index contributed by atoms with van der Waals surface area (Å²) in [5.41, 5.74) is 1.16. The average Bonchev–Trinajstić information content (AvgIpc) is 2.35. The maximum Gasteiger partial charge on any atom is 0.245 e. The predicted octanol–water partition coefficient (Wildman–Crippen LogP) is 0.621. The number of hydrogen-bond acceptors (Lipinski definition) is 3. The fourth-order valence-electron chi connectivity index (χ4n) is 1.41. The molecule has 1 amide bonds. The lowest BCUT2D eigenvalue weighted by Gasteiger charge is -2.19. The summed E-state index contributed by atoms with van der Waals surface area (Å²) in [6, 6.07) is 10.1. The number of carbonyl (C=O) groups is 1. The topological polar surface area (TPSA) is 52.6 Å². The average molecular weight is 222 g/mol. The van der Waals surface area contributed by atoms with Crippen LogP contribution in [0.15, 0.2) is 30.3 Å². The molecule has 0 aromatic heterocycles. The first-order chi connectivity index (χ1) is 7.74. The molecule has 0 fully saturated rings. The van der Waals surface area contributed by atoms with Crippen LogP contribution >= 0.6 is 0 Å². The Morgan fingerprint density at radius 3 is 2.69 bits per heavy atom. The number of hydrogen-bond donors (Lipinski definition) is 2. The molecule has 0 saturated carbocycles. The molecule has 0 saturated heterocycles. The fraction of sp³-hybridized carbons (Fsp3) is 0.417. The Morgan fingerprint density at radius 1 is 1.38 bits per heavy atom. The van der Waals surface area contributed by atoms with E-state index < -0.39 is 6.61 Å². The molecule has 1 rings (SSSR count). The number of para-hydroxylation sites is 1. The molecule has 2 N–H and O–H groups in total. The van der Waals surface area contributed by atoms with E-state index in [2.05, 4.69) is 10.2 Å². The number of anilines is 1. The number of nitrogens with one attached hydrogen (secondary N) is 1. The number of carbonyl (C=O) groups excluding carboxylic acids is 1. The Hall–Kier alpha value is -1.55. The Balaban J connectivity index is 2.21. The summed E-state index contributed by atoms with van der Waals surface area (Å²) in [4.78, 5) is 12.9. The summed E-state index contributed by atoms with van der Waals surface area (Å²) in [7, 11) is 2.02. The van der Waals surface area contributed by atoms with Crippen LogP contribution in [0.4, 0.5) is 5.69 Å². The Morgan fingerprint density at radius 2 is 2.06 bits per heavy atom. The Labute approximate surface area is 95.9 Å². The van der Waals surface area contributed by atoms with Crippen molar-refractivity contribution in [1.82, 2.24) is 5.32 Å². The van der Waals surface area contributed by atoms with E-state index in [1.807, 2.05) is 37.4 Å². The van der Waals surface area contributed by atoms with Gasteiger partial charge in [0.25, 0.3) is 0 Å². The molecule has 0 atom stereocenters. The minimum absolute atomic E-state index is 0.317. The van der Waals surface area contributed by atoms with E-state index in [9.17, 15) is 4.79 Å². The van der Waals surface area contributed by atoms with E-state index in [1.165, 1.54) is 0 Å². The van der Waals surface area contributed by atoms with Crippen LogP contribution in [-0.2, 0) is 4.79 Å². The summed E-state index contributed by atoms with van der Waals surface area (Å²) in [6.07, 6.45) is 0.858. The zero-order chi connectivity index (χ0) is 11.8. The van der Waals surface area contributed by atoms with Crippen molar-refractivity contribution >= 4 is 11.6 Å². The van der Waals surface area contributed by atoms with Gasteiger partial charge >= 0.3 is 0 Å². The molecule has 0 spiro atoms. The fourth-order valence-corrected chi connectivity index (χ4v) is 1.41. The standard InChI is InChI=1S/C12H18N2O2/c1-14(11-6-3-2-4-7-11)9-5-8-13-12(16)10-15/h2-4,6-7,15H,5,8-10H2,1H3,(H,13,16). The second kappa shape index (κ2) is 6.85. The molecule has 0 unspecified atom stereocenters. The van der Waals surface area contributed by atoms with Gasteiger partial charge in [-0.1, -0.05) is 18.2 Å². The van der Waals surface area contributed by atoms with Crippen LogP contribution in [0, 0.1) is 0 Å². The number of nitrogens with zero attached hydrogens (tertiary/aromatic N) is 1. The van der Waals surface area contributed by atoms with Crippen molar-refractivity contribution < 1.29 is 9.90 Å². The molecule has 0 bridgehead atoms. The number of aliphatic hydroxyl groups excluding tert-OH is 1. The molecule has 0 radical (unpaired) electrons. The molecule has 88 valence electrons. The van der Waals surface area contributed by atoms with Crippen LogP contribution < -0.4 is 10.2 Å². The Bertz CT molecular complexity index is 314. The quantitative estimate of drug-likeness (QED) is 0.694. The number of rotatable bonds is 6. The van der Waals surface area contributed by atoms with E-state index >= 15 is 0 Å². The van der Waals surface area contributed by atoms with E-state index in [0.29, 0.717) is 6.54 Å². The molecular formula is C12H18N2O2. The molecule has 4 heteroatoms. The highest BCUT2D eigenvalue weighted by molar-refractivity contribution is 5.76. The third-order valence-electron chi connectivity index (χ3n) is 2.33. The van der Waals surface area contributed by atoms with E-state index in [4.69, 9.17) is 5.11 Å². The summed E-state index contributed by atoms with van der Waals surface area (Å²) < 4.78 is 0. The third-order valence-corrected chi connectivity index (χ3v) is 2.33. The van der Waals surface area contributed by atoms with Gasteiger partial charge in [0.1, 0.15) is 6.61 Å². The van der Waals surface area contributed by atoms with Crippen LogP contribution in [0.5, 0.6) is 0 Å². The highest BCUT2D eigenvalue weighted by atomic mass is 16.3. The second-order valence-corrected chi connectivity index (χ2v) is 3.62. The minimum atomic E-state index is -0.436. The summed E-state index contributed by atoms with van der Waals surface area (Å²) >= 11 is 0. The number of benzene rings is 1. The molecular weight excluding hydrogens is 204 g/mol. The van der Waals surface area contributed by atoms with Gasteiger partial charge in [0.2, 0.25) is 5.91 Å². The van der Waals surface area contributed by atoms with Gasteiger partial charge in [-0.3, -0.25) is 4.79 Å². The number of amides is 1. The molecule has 1 aromatic carbocycles. The lowest BCUT2D eigenvalue weighted by Crippen LogP contribution is -2.29. The zero-order valence-corrected chi connectivity index (χ0v) is 9.52. The van der Waals surface area contributed by atoms with Gasteiger partial charge in [0.05, 0.1) is 0 Å². The Kier molecular flexibility index (Phi) is 5.36. The maximum atomic E-state index is 10.8. The van der Waals surface area contributed by atoms with Crippen LogP contribution in [0.25, 0.3) is 0 Å². The van der Waals surface area contributed by atoms with Crippen LogP contribution in [0.1, 0.15) is 6.42 Å². The first-order valence-electron chi connectivity index (χ1n) is 5.38. The monoisotopic (exact) mass is 222 g/mol. The largest absolute Gasteiger partial charge is 0.387 e. The van der Waals surface area contributed by atoms with E-state index in [-0.39, 0.29) is 5.91 Å². The van der Waals surface area contributed by atoms with Gasteiger partial charge in [0.15, 0.2) is 0 Å². The highest BCUT2D eigenvalue weighted by Crippen LogP contribution is 2.10. The van der Waals surface area contributed by atoms with Crippen molar-refractivity contribution in [2.24, 2.45) is 0 Å². The van der Waals surface area contributed by atoms with Gasteiger partial charge in [-0.25, -0.2) is 0 Å². The lowest BCUT2D eigenvalue weighted by molar-refractivity contribution is -0.123. The van der Waals surface area contributed by atoms with Crippen molar-refractivity contribution in [1.29, 1.82) is 0 Å². The molecule has 0 aliphatic rings. The van der Waals surface area contributed by atoms with Gasteiger partial charge in [0, 0.05) is 25.8 Å². The van der Waals surface area contributed by atoms with Crippen LogP contribution in [0.3, 0.4) is 0 Å². The maximum absolute atomic E-state index is 10.8. The third kappa shape index (κ3) is 4.31. The van der Waals surface area contributed by atoms with Crippen molar-refractivity contribution in [2.45, 2.75) is 6.42 Å². The molecule has 4 nitrogen and oxygen atoms in total. The van der Waals surface area contributed by atoms with Crippen LogP contribution in [-0.4, -0.2) is 37.8 Å². The van der Waals surface area contributed by atoms with Gasteiger partial charge in [-0.05, 0) is 18.6 Å². The van der Waals surface area contributed by atoms with Gasteiger partial charge < -0.3 is 15.3 Å². The number of aliphatic hydroxyl groups is 1. The first kappa shape index (κ1) is 12.5. The summed E-state index contributed by atoms with van der Waals surface area (Å²) in [5.74, 6) is -0.317. The molecule has 0 aliphatic carbocycles. The minimum Gasteiger partial charge on any atom is -0.387 e. The highest BCUT2D eigenvalue weighted by Gasteiger charge is 2.00. The second-order valence-electron chi connectivity index (χ2n) is 3.62. The molecule has 16 heavy (non-hydrogen) atoms. The SMILES string of the molecule is CN(CCCNC(=O)CO)c1ccccc1. The van der Waals surface area contributed by atoms with Crippen molar-refractivity contribution in [3.63, 3.8) is 0 Å². The van der Waals surface area contributed by atoms with E-state index in [0.717, 1.165) is 18.7 Å². The van der Waals surface area contributed by atoms with Crippen molar-refractivity contribution in [3.05, 3.63) is 30.3 Å². The predicted molar refractivity (Wildman–Crippen MR) is 64.4 cm³/mol. The van der Waals surface area contributed by atoms with Crippen molar-refractivity contribution in [3.8, 4) is 0 Å². The van der Waals surface area contributed by atoms with Gasteiger partial charge in [-0.15, -0.1) is 0 Å². The molecule has 0 heterocycles. The normalized spacial score (nSPS) is 9.88. The van der Waals surface area contributed by atoms with Gasteiger partial charge in [-0.2, -0.15) is 0 Å². The summed E-state index contributed by atoms with van der Waals surface area (Å²) in [5, 5.41) is 11.1. The first-order valence-corrected chi connectivity index (χ1v) is 5.38. The molecule has 0 aliphatic heterocycles. The molecule has 1 aromatic rings. The summed E-state index contributed by atoms with van der Waals surface area (Å²) in [6.45, 7) is 1.03. The van der Waals surface area contributed by atoms with E-state index in [1.54, 1.807) is 0 Å².